The first-order chi connectivity index (χ1) is 13.7. The van der Waals surface area contributed by atoms with Crippen LogP contribution in [0.2, 0.25) is 0 Å². The molecule has 0 saturated carbocycles. The Balaban J connectivity index is 1.80. The third kappa shape index (κ3) is 6.88. The van der Waals surface area contributed by atoms with Gasteiger partial charge in [0.05, 0.1) is 18.4 Å². The zero-order chi connectivity index (χ0) is 21.4. The second-order valence-electron chi connectivity index (χ2n) is 6.31. The number of amides is 1. The summed E-state index contributed by atoms with van der Waals surface area (Å²) in [5.41, 5.74) is 1.44. The van der Waals surface area contributed by atoms with Crippen molar-refractivity contribution >= 4 is 27.6 Å². The number of carbonyl (C=O) groups excluding carboxylic acids is 2. The molecule has 0 saturated heterocycles. The molecule has 8 nitrogen and oxygen atoms in total. The van der Waals surface area contributed by atoms with Crippen LogP contribution in [-0.2, 0) is 24.3 Å². The lowest BCUT2D eigenvalue weighted by Crippen LogP contribution is -2.32. The van der Waals surface area contributed by atoms with Gasteiger partial charge in [0.25, 0.3) is 5.91 Å². The van der Waals surface area contributed by atoms with Crippen LogP contribution in [0.4, 0.5) is 5.69 Å². The van der Waals surface area contributed by atoms with Crippen LogP contribution in [0.1, 0.15) is 18.9 Å². The number of sulfonamides is 1. The summed E-state index contributed by atoms with van der Waals surface area (Å²) in [6.45, 7) is 3.15. The largest absolute Gasteiger partial charge is 0.497 e. The summed E-state index contributed by atoms with van der Waals surface area (Å²) in [7, 11) is -2.20. The number of rotatable bonds is 9. The van der Waals surface area contributed by atoms with Gasteiger partial charge in [0.2, 0.25) is 10.0 Å². The van der Waals surface area contributed by atoms with Crippen molar-refractivity contribution in [3.8, 4) is 5.75 Å². The van der Waals surface area contributed by atoms with Crippen LogP contribution in [0.25, 0.3) is 0 Å². The molecule has 0 aromatic heterocycles. The van der Waals surface area contributed by atoms with Crippen LogP contribution >= 0.6 is 0 Å². The molecule has 1 amide bonds. The number of ether oxygens (including phenoxy) is 2. The van der Waals surface area contributed by atoms with Gasteiger partial charge in [-0.05, 0) is 38.1 Å². The molecule has 2 rings (SSSR count). The highest BCUT2D eigenvalue weighted by molar-refractivity contribution is 7.89. The van der Waals surface area contributed by atoms with Crippen molar-refractivity contribution in [2.75, 3.05) is 19.0 Å². The van der Waals surface area contributed by atoms with Crippen LogP contribution in [0.3, 0.4) is 0 Å². The fourth-order valence-electron chi connectivity index (χ4n) is 2.34. The number of aryl methyl sites for hydroxylation is 1. The molecule has 0 aliphatic rings. The smallest absolute Gasteiger partial charge is 0.307 e. The van der Waals surface area contributed by atoms with Gasteiger partial charge in [-0.15, -0.1) is 0 Å². The van der Waals surface area contributed by atoms with E-state index in [4.69, 9.17) is 9.47 Å². The highest BCUT2D eigenvalue weighted by Gasteiger charge is 2.19. The normalized spacial score (nSPS) is 12.1. The number of esters is 1. The maximum absolute atomic E-state index is 12.2. The molecule has 0 aliphatic carbocycles. The van der Waals surface area contributed by atoms with E-state index in [9.17, 15) is 18.0 Å². The van der Waals surface area contributed by atoms with E-state index in [1.165, 1.54) is 26.2 Å². The van der Waals surface area contributed by atoms with E-state index in [1.54, 1.807) is 36.4 Å². The topological polar surface area (TPSA) is 111 Å². The van der Waals surface area contributed by atoms with Crippen LogP contribution in [0.5, 0.6) is 5.75 Å². The van der Waals surface area contributed by atoms with E-state index < -0.39 is 28.0 Å². The fraction of sp³-hybridized carbons (Fsp3) is 0.300. The molecule has 29 heavy (non-hydrogen) atoms. The van der Waals surface area contributed by atoms with Crippen molar-refractivity contribution in [3.63, 3.8) is 0 Å². The van der Waals surface area contributed by atoms with Gasteiger partial charge in [0.1, 0.15) is 5.75 Å². The molecule has 2 aromatic rings. The lowest BCUT2D eigenvalue weighted by Gasteiger charge is -2.14. The summed E-state index contributed by atoms with van der Waals surface area (Å²) >= 11 is 0. The Bertz CT molecular complexity index is 957. The number of nitrogens with one attached hydrogen (secondary N) is 2. The average molecular weight is 420 g/mol. The van der Waals surface area contributed by atoms with Crippen molar-refractivity contribution < 1.29 is 27.5 Å². The number of anilines is 1. The molecular weight excluding hydrogens is 396 g/mol. The van der Waals surface area contributed by atoms with Crippen molar-refractivity contribution in [2.24, 2.45) is 0 Å². The van der Waals surface area contributed by atoms with Crippen molar-refractivity contribution in [3.05, 3.63) is 54.1 Å². The quantitative estimate of drug-likeness (QED) is 0.602. The van der Waals surface area contributed by atoms with Gasteiger partial charge in [-0.2, -0.15) is 0 Å². The van der Waals surface area contributed by atoms with Crippen LogP contribution in [0, 0.1) is 6.92 Å². The zero-order valence-corrected chi connectivity index (χ0v) is 17.3. The van der Waals surface area contributed by atoms with Gasteiger partial charge in [-0.1, -0.05) is 23.8 Å². The van der Waals surface area contributed by atoms with Gasteiger partial charge in [0.15, 0.2) is 6.10 Å². The summed E-state index contributed by atoms with van der Waals surface area (Å²) in [6.07, 6.45) is -1.25. The maximum Gasteiger partial charge on any atom is 0.307 e. The molecule has 0 aliphatic heterocycles. The summed E-state index contributed by atoms with van der Waals surface area (Å²) in [5, 5.41) is 2.62. The standard InChI is InChI=1S/C20H24N2O6S/c1-14-7-9-18(10-8-14)29(25,26)21-12-11-19(23)28-15(2)20(24)22-16-5-4-6-17(13-16)27-3/h4-10,13,15,21H,11-12H2,1-3H3,(H,22,24)/t15-/m1/s1. The molecular formula is C20H24N2O6S. The van der Waals surface area contributed by atoms with E-state index in [-0.39, 0.29) is 17.9 Å². The van der Waals surface area contributed by atoms with Gasteiger partial charge in [0, 0.05) is 18.3 Å². The van der Waals surface area contributed by atoms with E-state index >= 15 is 0 Å². The minimum absolute atomic E-state index is 0.113. The Labute approximate surface area is 170 Å². The lowest BCUT2D eigenvalue weighted by molar-refractivity contribution is -0.152. The Hall–Kier alpha value is -2.91. The molecule has 0 heterocycles. The van der Waals surface area contributed by atoms with Crippen LogP contribution in [0.15, 0.2) is 53.4 Å². The first-order valence-corrected chi connectivity index (χ1v) is 10.4. The van der Waals surface area contributed by atoms with Gasteiger partial charge in [-0.25, -0.2) is 13.1 Å². The Kier molecular flexibility index (Phi) is 7.74. The monoisotopic (exact) mass is 420 g/mol. The summed E-state index contributed by atoms with van der Waals surface area (Å²) in [6, 6.07) is 13.1. The first kappa shape index (κ1) is 22.4. The number of benzene rings is 2. The minimum Gasteiger partial charge on any atom is -0.497 e. The second-order valence-corrected chi connectivity index (χ2v) is 8.08. The Morgan fingerprint density at radius 1 is 1.10 bits per heavy atom. The van der Waals surface area contributed by atoms with Crippen LogP contribution in [-0.4, -0.2) is 40.1 Å². The third-order valence-electron chi connectivity index (χ3n) is 3.97. The minimum atomic E-state index is -3.71. The summed E-state index contributed by atoms with van der Waals surface area (Å²) in [4.78, 5) is 24.2. The predicted octanol–water partition coefficient (Wildman–Crippen LogP) is 2.24. The highest BCUT2D eigenvalue weighted by Crippen LogP contribution is 2.17. The predicted molar refractivity (Wildman–Crippen MR) is 108 cm³/mol. The van der Waals surface area contributed by atoms with Crippen molar-refractivity contribution in [1.82, 2.24) is 4.72 Å². The van der Waals surface area contributed by atoms with Crippen molar-refractivity contribution in [2.45, 2.75) is 31.3 Å². The van der Waals surface area contributed by atoms with Crippen LogP contribution < -0.4 is 14.8 Å². The van der Waals surface area contributed by atoms with Gasteiger partial charge < -0.3 is 14.8 Å². The summed E-state index contributed by atoms with van der Waals surface area (Å²) < 4.78 is 36.8. The maximum atomic E-state index is 12.2. The van der Waals surface area contributed by atoms with Gasteiger partial charge >= 0.3 is 5.97 Å². The molecule has 2 N–H and O–H groups in total. The number of hydrogen-bond acceptors (Lipinski definition) is 6. The first-order valence-electron chi connectivity index (χ1n) is 8.92. The zero-order valence-electron chi connectivity index (χ0n) is 16.5. The van der Waals surface area contributed by atoms with E-state index in [2.05, 4.69) is 10.0 Å². The average Bonchev–Trinajstić information content (AvgIpc) is 2.68. The van der Waals surface area contributed by atoms with E-state index in [0.717, 1.165) is 5.56 Å². The SMILES string of the molecule is COc1cccc(NC(=O)[C@@H](C)OC(=O)CCNS(=O)(=O)c2ccc(C)cc2)c1. The molecule has 0 bridgehead atoms. The molecule has 2 aromatic carbocycles. The summed E-state index contributed by atoms with van der Waals surface area (Å²) in [5.74, 6) is -0.620. The Morgan fingerprint density at radius 2 is 1.79 bits per heavy atom. The Morgan fingerprint density at radius 3 is 2.45 bits per heavy atom. The molecule has 0 fully saturated rings. The third-order valence-corrected chi connectivity index (χ3v) is 5.44. The van der Waals surface area contributed by atoms with Gasteiger partial charge in [-0.3, -0.25) is 9.59 Å². The molecule has 0 radical (unpaired) electrons. The highest BCUT2D eigenvalue weighted by atomic mass is 32.2. The molecule has 0 spiro atoms. The second kappa shape index (κ2) is 10.0. The fourth-order valence-corrected chi connectivity index (χ4v) is 3.37. The molecule has 1 atom stereocenters. The van der Waals surface area contributed by atoms with Crippen molar-refractivity contribution in [1.29, 1.82) is 0 Å². The molecule has 9 heteroatoms. The molecule has 156 valence electrons. The van der Waals surface area contributed by atoms with E-state index in [0.29, 0.717) is 11.4 Å². The number of hydrogen-bond donors (Lipinski definition) is 2. The number of carbonyl (C=O) groups is 2. The lowest BCUT2D eigenvalue weighted by atomic mass is 10.2. The number of methoxy groups -OCH3 is 1. The van der Waals surface area contributed by atoms with E-state index in [1.807, 2.05) is 6.92 Å². The molecule has 0 unspecified atom stereocenters.